The lowest BCUT2D eigenvalue weighted by Crippen LogP contribution is -2.38. The van der Waals surface area contributed by atoms with Gasteiger partial charge in [-0.3, -0.25) is 0 Å². The molecular weight excluding hydrogens is 600 g/mol. The summed E-state index contributed by atoms with van der Waals surface area (Å²) in [7, 11) is 3.26. The van der Waals surface area contributed by atoms with Crippen LogP contribution in [-0.2, 0) is 29.3 Å². The molecule has 2 heterocycles. The van der Waals surface area contributed by atoms with Crippen LogP contribution in [0.4, 0.5) is 0 Å². The van der Waals surface area contributed by atoms with E-state index in [0.717, 1.165) is 16.7 Å². The fourth-order valence-corrected chi connectivity index (χ4v) is 6.44. The molecule has 9 nitrogen and oxygen atoms in total. The van der Waals surface area contributed by atoms with E-state index in [1.165, 1.54) is 0 Å². The highest BCUT2D eigenvalue weighted by molar-refractivity contribution is 5.49. The first-order valence-electron chi connectivity index (χ1n) is 16.5. The highest BCUT2D eigenvalue weighted by Crippen LogP contribution is 2.45. The lowest BCUT2D eigenvalue weighted by atomic mass is 9.80. The quantitative estimate of drug-likeness (QED) is 0.141. The van der Waals surface area contributed by atoms with Gasteiger partial charge in [0.1, 0.15) is 35.4 Å². The summed E-state index contributed by atoms with van der Waals surface area (Å²) in [5.41, 5.74) is 1.48. The number of ether oxygens (including phenoxy) is 7. The Morgan fingerprint density at radius 3 is 1.74 bits per heavy atom. The average Bonchev–Trinajstić information content (AvgIpc) is 3.75. The third-order valence-corrected chi connectivity index (χ3v) is 9.49. The highest BCUT2D eigenvalue weighted by atomic mass is 16.8. The van der Waals surface area contributed by atoms with Crippen molar-refractivity contribution in [3.63, 3.8) is 0 Å². The molecule has 3 aromatic rings. The van der Waals surface area contributed by atoms with Crippen molar-refractivity contribution < 1.29 is 43.4 Å². The van der Waals surface area contributed by atoms with E-state index >= 15 is 0 Å². The molecule has 0 spiro atoms. The molecule has 0 bridgehead atoms. The standard InChI is InChI=1S/C38H48O9/c1-7-36(8-2)43-24-31(45-36)33(39)34(40)35-32(46-37(9-3,10-4)47-35)25-44-38(26-14-12-11-13-15-26,27-16-20-29(41-5)21-17-27)28-18-22-30(42-6)23-19-28/h11-23,31-33,39-40H,7-10,24-25H2,1-6H3/b35-34+. The minimum Gasteiger partial charge on any atom is -0.506 e. The molecule has 9 heteroatoms. The van der Waals surface area contributed by atoms with Crippen molar-refractivity contribution in [1.29, 1.82) is 0 Å². The number of aliphatic hydroxyl groups is 2. The van der Waals surface area contributed by atoms with Crippen molar-refractivity contribution in [1.82, 2.24) is 0 Å². The number of aliphatic hydroxyl groups excluding tert-OH is 2. The predicted octanol–water partition coefficient (Wildman–Crippen LogP) is 7.01. The molecule has 0 saturated carbocycles. The Hall–Kier alpha value is -3.60. The van der Waals surface area contributed by atoms with Gasteiger partial charge in [0, 0.05) is 12.8 Å². The summed E-state index contributed by atoms with van der Waals surface area (Å²) in [5, 5.41) is 23.0. The third kappa shape index (κ3) is 6.73. The largest absolute Gasteiger partial charge is 0.506 e. The van der Waals surface area contributed by atoms with E-state index in [9.17, 15) is 10.2 Å². The number of hydrogen-bond acceptors (Lipinski definition) is 9. The summed E-state index contributed by atoms with van der Waals surface area (Å²) in [6, 6.07) is 25.5. The Labute approximate surface area is 278 Å². The van der Waals surface area contributed by atoms with Crippen molar-refractivity contribution in [3.8, 4) is 11.5 Å². The molecule has 5 rings (SSSR count). The summed E-state index contributed by atoms with van der Waals surface area (Å²) in [4.78, 5) is 0. The van der Waals surface area contributed by atoms with Crippen molar-refractivity contribution in [3.05, 3.63) is 107 Å². The number of rotatable bonds is 14. The summed E-state index contributed by atoms with van der Waals surface area (Å²) in [5.74, 6) is -0.595. The van der Waals surface area contributed by atoms with Gasteiger partial charge in [0.2, 0.25) is 5.79 Å². The van der Waals surface area contributed by atoms with Gasteiger partial charge in [0.05, 0.1) is 27.4 Å². The molecule has 0 radical (unpaired) electrons. The Balaban J connectivity index is 1.58. The molecule has 3 atom stereocenters. The molecule has 2 aliphatic rings. The van der Waals surface area contributed by atoms with Gasteiger partial charge in [-0.2, -0.15) is 0 Å². The van der Waals surface area contributed by atoms with E-state index in [4.69, 9.17) is 33.2 Å². The zero-order valence-electron chi connectivity index (χ0n) is 28.2. The van der Waals surface area contributed by atoms with Crippen LogP contribution in [0.15, 0.2) is 90.4 Å². The summed E-state index contributed by atoms with van der Waals surface area (Å²) < 4.78 is 43.1. The van der Waals surface area contributed by atoms with Gasteiger partial charge in [0.25, 0.3) is 0 Å². The zero-order chi connectivity index (χ0) is 33.7. The molecule has 2 N–H and O–H groups in total. The maximum Gasteiger partial charge on any atom is 0.210 e. The summed E-state index contributed by atoms with van der Waals surface area (Å²) in [6.45, 7) is 7.99. The van der Waals surface area contributed by atoms with E-state index in [1.807, 2.05) is 107 Å². The van der Waals surface area contributed by atoms with Gasteiger partial charge in [-0.1, -0.05) is 82.3 Å². The van der Waals surface area contributed by atoms with Crippen molar-refractivity contribution in [2.75, 3.05) is 27.4 Å². The topological polar surface area (TPSA) is 105 Å². The summed E-state index contributed by atoms with van der Waals surface area (Å²) in [6.07, 6.45) is -0.721. The van der Waals surface area contributed by atoms with Gasteiger partial charge < -0.3 is 43.4 Å². The second-order valence-corrected chi connectivity index (χ2v) is 11.9. The predicted molar refractivity (Wildman–Crippen MR) is 177 cm³/mol. The minimum atomic E-state index is -1.39. The van der Waals surface area contributed by atoms with Crippen LogP contribution in [-0.4, -0.2) is 67.5 Å². The van der Waals surface area contributed by atoms with E-state index in [2.05, 4.69) is 0 Å². The van der Waals surface area contributed by atoms with Crippen LogP contribution in [0.1, 0.15) is 70.1 Å². The molecule has 0 amide bonds. The normalized spacial score (nSPS) is 22.0. The van der Waals surface area contributed by atoms with Crippen molar-refractivity contribution in [2.45, 2.75) is 88.9 Å². The second kappa shape index (κ2) is 14.7. The Morgan fingerprint density at radius 2 is 1.28 bits per heavy atom. The van der Waals surface area contributed by atoms with Crippen LogP contribution in [0.2, 0.25) is 0 Å². The number of benzene rings is 3. The first kappa shape index (κ1) is 34.7. The Bertz CT molecular complexity index is 1410. The van der Waals surface area contributed by atoms with Crippen molar-refractivity contribution >= 4 is 0 Å². The van der Waals surface area contributed by atoms with Crippen LogP contribution in [0.5, 0.6) is 11.5 Å². The molecule has 3 aromatic carbocycles. The molecule has 2 fully saturated rings. The van der Waals surface area contributed by atoms with Crippen LogP contribution >= 0.6 is 0 Å². The Morgan fingerprint density at radius 1 is 0.766 bits per heavy atom. The third-order valence-electron chi connectivity index (χ3n) is 9.49. The fraction of sp³-hybridized carbons (Fsp3) is 0.474. The number of methoxy groups -OCH3 is 2. The molecule has 3 unspecified atom stereocenters. The van der Waals surface area contributed by atoms with Gasteiger partial charge in [-0.25, -0.2) is 0 Å². The molecule has 47 heavy (non-hydrogen) atoms. The van der Waals surface area contributed by atoms with Gasteiger partial charge in [0.15, 0.2) is 17.3 Å². The molecular formula is C38H48O9. The average molecular weight is 649 g/mol. The van der Waals surface area contributed by atoms with Gasteiger partial charge in [-0.05, 0) is 53.8 Å². The smallest absolute Gasteiger partial charge is 0.210 e. The second-order valence-electron chi connectivity index (χ2n) is 11.9. The Kier molecular flexibility index (Phi) is 10.8. The SMILES string of the molecule is CCC1(CC)O/C(=C(/O)C(O)C2COC(CC)(CC)O2)C(COC(c2ccccc2)(c2ccc(OC)cc2)c2ccc(OC)cc2)O1. The maximum absolute atomic E-state index is 11.6. The van der Waals surface area contributed by atoms with E-state index in [-0.39, 0.29) is 24.7 Å². The van der Waals surface area contributed by atoms with Crippen LogP contribution in [0.25, 0.3) is 0 Å². The molecule has 2 aliphatic heterocycles. The van der Waals surface area contributed by atoms with E-state index < -0.39 is 35.5 Å². The highest BCUT2D eigenvalue weighted by Gasteiger charge is 2.50. The monoisotopic (exact) mass is 648 g/mol. The van der Waals surface area contributed by atoms with Crippen LogP contribution in [0.3, 0.4) is 0 Å². The van der Waals surface area contributed by atoms with E-state index in [1.54, 1.807) is 14.2 Å². The lowest BCUT2D eigenvalue weighted by molar-refractivity contribution is -0.182. The maximum atomic E-state index is 11.6. The molecule has 0 aliphatic carbocycles. The van der Waals surface area contributed by atoms with Crippen LogP contribution in [0, 0.1) is 0 Å². The summed E-state index contributed by atoms with van der Waals surface area (Å²) >= 11 is 0. The fourth-order valence-electron chi connectivity index (χ4n) is 6.44. The first-order valence-corrected chi connectivity index (χ1v) is 16.5. The number of hydrogen-bond donors (Lipinski definition) is 2. The van der Waals surface area contributed by atoms with E-state index in [0.29, 0.717) is 37.2 Å². The van der Waals surface area contributed by atoms with Crippen molar-refractivity contribution in [2.24, 2.45) is 0 Å². The van der Waals surface area contributed by atoms with Crippen LogP contribution < -0.4 is 9.47 Å². The molecule has 254 valence electrons. The first-order chi connectivity index (χ1) is 22.7. The van der Waals surface area contributed by atoms with Gasteiger partial charge in [-0.15, -0.1) is 0 Å². The lowest BCUT2D eigenvalue weighted by Gasteiger charge is -2.37. The zero-order valence-corrected chi connectivity index (χ0v) is 28.2. The minimum absolute atomic E-state index is 0.0172. The molecule has 2 saturated heterocycles. The van der Waals surface area contributed by atoms with Gasteiger partial charge >= 0.3 is 0 Å². The molecule has 0 aromatic heterocycles.